The summed E-state index contributed by atoms with van der Waals surface area (Å²) in [5.41, 5.74) is 1.98. The molecule has 112 valence electrons. The number of ether oxygens (including phenoxy) is 1. The molecule has 0 aromatic heterocycles. The smallest absolute Gasteiger partial charge is 0.167 e. The highest BCUT2D eigenvalue weighted by molar-refractivity contribution is 5.39. The lowest BCUT2D eigenvalue weighted by atomic mass is 10.1. The van der Waals surface area contributed by atoms with E-state index in [1.807, 2.05) is 37.3 Å². The highest BCUT2D eigenvalue weighted by atomic mass is 19.1. The van der Waals surface area contributed by atoms with Gasteiger partial charge in [0.15, 0.2) is 11.6 Å². The Morgan fingerprint density at radius 1 is 1.10 bits per heavy atom. The minimum atomic E-state index is -0.334. The molecule has 0 atom stereocenters. The molecule has 0 heterocycles. The van der Waals surface area contributed by atoms with Gasteiger partial charge < -0.3 is 10.1 Å². The van der Waals surface area contributed by atoms with Gasteiger partial charge in [0.2, 0.25) is 0 Å². The summed E-state index contributed by atoms with van der Waals surface area (Å²) in [6, 6.07) is 12.6. The highest BCUT2D eigenvalue weighted by Crippen LogP contribution is 2.28. The van der Waals surface area contributed by atoms with Crippen molar-refractivity contribution in [3.8, 4) is 11.5 Å². The number of para-hydroxylation sites is 1. The molecule has 21 heavy (non-hydrogen) atoms. The molecule has 1 N–H and O–H groups in total. The summed E-state index contributed by atoms with van der Waals surface area (Å²) >= 11 is 0. The first-order valence-electron chi connectivity index (χ1n) is 7.29. The first-order chi connectivity index (χ1) is 10.1. The van der Waals surface area contributed by atoms with Crippen LogP contribution < -0.4 is 10.1 Å². The van der Waals surface area contributed by atoms with Crippen molar-refractivity contribution in [1.29, 1.82) is 0 Å². The quantitative estimate of drug-likeness (QED) is 0.833. The van der Waals surface area contributed by atoms with Gasteiger partial charge in [-0.15, -0.1) is 0 Å². The number of rotatable bonds is 6. The highest BCUT2D eigenvalue weighted by Gasteiger charge is 2.11. The molecule has 2 aromatic carbocycles. The van der Waals surface area contributed by atoms with Gasteiger partial charge in [-0.25, -0.2) is 4.39 Å². The molecule has 0 aliphatic carbocycles. The third-order valence-corrected chi connectivity index (χ3v) is 3.16. The monoisotopic (exact) mass is 287 g/mol. The van der Waals surface area contributed by atoms with E-state index in [0.29, 0.717) is 24.0 Å². The maximum Gasteiger partial charge on any atom is 0.167 e. The molecule has 0 spiro atoms. The first-order valence-corrected chi connectivity index (χ1v) is 7.29. The normalized spacial score (nSPS) is 10.9. The van der Waals surface area contributed by atoms with Crippen molar-refractivity contribution in [2.45, 2.75) is 27.3 Å². The van der Waals surface area contributed by atoms with Crippen molar-refractivity contribution >= 4 is 0 Å². The Bertz CT molecular complexity index is 578. The van der Waals surface area contributed by atoms with Crippen LogP contribution in [0.4, 0.5) is 4.39 Å². The molecule has 0 saturated heterocycles. The second kappa shape index (κ2) is 7.23. The lowest BCUT2D eigenvalue weighted by Gasteiger charge is -2.14. The molecule has 0 unspecified atom stereocenters. The second-order valence-corrected chi connectivity index (χ2v) is 5.67. The lowest BCUT2D eigenvalue weighted by molar-refractivity contribution is 0.431. The predicted molar refractivity (Wildman–Crippen MR) is 84.2 cm³/mol. The summed E-state index contributed by atoms with van der Waals surface area (Å²) in [7, 11) is 0. The summed E-state index contributed by atoms with van der Waals surface area (Å²) < 4.78 is 19.8. The van der Waals surface area contributed by atoms with Gasteiger partial charge >= 0.3 is 0 Å². The number of aryl methyl sites for hydroxylation is 1. The van der Waals surface area contributed by atoms with Gasteiger partial charge in [0, 0.05) is 12.1 Å². The molecule has 0 aliphatic rings. The van der Waals surface area contributed by atoms with Crippen LogP contribution in [0.25, 0.3) is 0 Å². The van der Waals surface area contributed by atoms with Crippen LogP contribution in [0.15, 0.2) is 42.5 Å². The zero-order valence-electron chi connectivity index (χ0n) is 12.8. The Balaban J connectivity index is 2.15. The van der Waals surface area contributed by atoms with Crippen LogP contribution in [-0.2, 0) is 6.54 Å². The Hall–Kier alpha value is -1.87. The third-order valence-electron chi connectivity index (χ3n) is 3.16. The van der Waals surface area contributed by atoms with E-state index >= 15 is 0 Å². The van der Waals surface area contributed by atoms with Crippen LogP contribution in [0.5, 0.6) is 11.5 Å². The lowest BCUT2D eigenvalue weighted by Crippen LogP contribution is -2.19. The fourth-order valence-electron chi connectivity index (χ4n) is 2.03. The number of hydrogen-bond donors (Lipinski definition) is 1. The van der Waals surface area contributed by atoms with Crippen LogP contribution in [0.3, 0.4) is 0 Å². The molecule has 2 nitrogen and oxygen atoms in total. The first kappa shape index (κ1) is 15.5. The summed E-state index contributed by atoms with van der Waals surface area (Å²) in [6.07, 6.45) is 0. The van der Waals surface area contributed by atoms with E-state index < -0.39 is 0 Å². The zero-order valence-corrected chi connectivity index (χ0v) is 12.8. The van der Waals surface area contributed by atoms with Gasteiger partial charge in [-0.3, -0.25) is 0 Å². The standard InChI is InChI=1S/C18H22FNO/c1-13(2)11-20-12-15-5-4-6-17(19)18(15)21-16-9-7-14(3)8-10-16/h4-10,13,20H,11-12H2,1-3H3. The topological polar surface area (TPSA) is 21.3 Å². The van der Waals surface area contributed by atoms with Crippen molar-refractivity contribution in [1.82, 2.24) is 5.32 Å². The van der Waals surface area contributed by atoms with Gasteiger partial charge in [-0.1, -0.05) is 43.7 Å². The van der Waals surface area contributed by atoms with Crippen molar-refractivity contribution in [2.24, 2.45) is 5.92 Å². The number of halogens is 1. The van der Waals surface area contributed by atoms with E-state index in [9.17, 15) is 4.39 Å². The maximum absolute atomic E-state index is 14.0. The fraction of sp³-hybridized carbons (Fsp3) is 0.333. The molecule has 0 saturated carbocycles. The molecule has 2 rings (SSSR count). The molecule has 0 radical (unpaired) electrons. The average Bonchev–Trinajstić information content (AvgIpc) is 2.44. The van der Waals surface area contributed by atoms with Crippen LogP contribution in [-0.4, -0.2) is 6.54 Å². The maximum atomic E-state index is 14.0. The van der Waals surface area contributed by atoms with E-state index in [0.717, 1.165) is 17.7 Å². The summed E-state index contributed by atoms with van der Waals surface area (Å²) in [4.78, 5) is 0. The van der Waals surface area contributed by atoms with E-state index in [4.69, 9.17) is 4.74 Å². The Kier molecular flexibility index (Phi) is 5.34. The minimum absolute atomic E-state index is 0.303. The van der Waals surface area contributed by atoms with E-state index in [1.165, 1.54) is 6.07 Å². The minimum Gasteiger partial charge on any atom is -0.454 e. The molecule has 3 heteroatoms. The van der Waals surface area contributed by atoms with Crippen LogP contribution in [0, 0.1) is 18.7 Å². The van der Waals surface area contributed by atoms with Gasteiger partial charge in [0.25, 0.3) is 0 Å². The molecule has 0 aliphatic heterocycles. The average molecular weight is 287 g/mol. The molecule has 0 amide bonds. The van der Waals surface area contributed by atoms with Gasteiger partial charge in [0.1, 0.15) is 5.75 Å². The molecule has 2 aromatic rings. The van der Waals surface area contributed by atoms with Crippen molar-refractivity contribution in [2.75, 3.05) is 6.54 Å². The largest absolute Gasteiger partial charge is 0.454 e. The van der Waals surface area contributed by atoms with E-state index in [-0.39, 0.29) is 5.82 Å². The zero-order chi connectivity index (χ0) is 15.2. The van der Waals surface area contributed by atoms with Gasteiger partial charge in [0.05, 0.1) is 0 Å². The van der Waals surface area contributed by atoms with Crippen molar-refractivity contribution in [3.63, 3.8) is 0 Å². The SMILES string of the molecule is Cc1ccc(Oc2c(F)cccc2CNCC(C)C)cc1. The van der Waals surface area contributed by atoms with Crippen molar-refractivity contribution < 1.29 is 9.13 Å². The summed E-state index contributed by atoms with van der Waals surface area (Å²) in [5, 5.41) is 3.32. The fourth-order valence-corrected chi connectivity index (χ4v) is 2.03. The Morgan fingerprint density at radius 2 is 1.81 bits per heavy atom. The second-order valence-electron chi connectivity index (χ2n) is 5.67. The summed E-state index contributed by atoms with van der Waals surface area (Å²) in [6.45, 7) is 7.77. The van der Waals surface area contributed by atoms with Crippen LogP contribution in [0.2, 0.25) is 0 Å². The summed E-state index contributed by atoms with van der Waals surface area (Å²) in [5.74, 6) is 1.17. The van der Waals surface area contributed by atoms with E-state index in [1.54, 1.807) is 6.07 Å². The van der Waals surface area contributed by atoms with Crippen molar-refractivity contribution in [3.05, 3.63) is 59.4 Å². The predicted octanol–water partition coefficient (Wildman–Crippen LogP) is 4.67. The van der Waals surface area contributed by atoms with Gasteiger partial charge in [-0.2, -0.15) is 0 Å². The van der Waals surface area contributed by atoms with E-state index in [2.05, 4.69) is 19.2 Å². The number of nitrogens with one attached hydrogen (secondary N) is 1. The van der Waals surface area contributed by atoms with Crippen LogP contribution >= 0.6 is 0 Å². The molecular weight excluding hydrogens is 265 g/mol. The Labute approximate surface area is 126 Å². The molecule has 0 bridgehead atoms. The molecule has 0 fully saturated rings. The number of hydrogen-bond acceptors (Lipinski definition) is 2. The van der Waals surface area contributed by atoms with Gasteiger partial charge in [-0.05, 0) is 37.6 Å². The third kappa shape index (κ3) is 4.57. The Morgan fingerprint density at radius 3 is 2.48 bits per heavy atom. The molecular formula is C18H22FNO. The number of benzene rings is 2. The van der Waals surface area contributed by atoms with Crippen LogP contribution in [0.1, 0.15) is 25.0 Å².